The van der Waals surface area contributed by atoms with Crippen LogP contribution in [0.2, 0.25) is 0 Å². The van der Waals surface area contributed by atoms with Gasteiger partial charge in [-0.2, -0.15) is 0 Å². The highest BCUT2D eigenvalue weighted by Gasteiger charge is 2.38. The van der Waals surface area contributed by atoms with Gasteiger partial charge >= 0.3 is 0 Å². The van der Waals surface area contributed by atoms with E-state index in [1.165, 1.54) is 0 Å². The van der Waals surface area contributed by atoms with Crippen molar-refractivity contribution < 1.29 is 0 Å². The molecule has 0 spiro atoms. The molecule has 0 aliphatic heterocycles. The van der Waals surface area contributed by atoms with Crippen molar-refractivity contribution >= 4 is 0 Å². The average molecular weight is 149 g/mol. The minimum absolute atomic E-state index is 0.0638. The van der Waals surface area contributed by atoms with Crippen molar-refractivity contribution in [2.75, 3.05) is 0 Å². The van der Waals surface area contributed by atoms with Crippen LogP contribution in [0.25, 0.3) is 0 Å². The molecule has 3 heteroatoms. The second-order valence-corrected chi connectivity index (χ2v) is 3.24. The Hall–Kier alpha value is -0.960. The van der Waals surface area contributed by atoms with Crippen molar-refractivity contribution in [3.63, 3.8) is 0 Å². The van der Waals surface area contributed by atoms with E-state index in [0.717, 1.165) is 25.0 Å². The van der Waals surface area contributed by atoms with Crippen LogP contribution in [-0.2, 0) is 6.42 Å². The van der Waals surface area contributed by atoms with Crippen molar-refractivity contribution in [1.82, 2.24) is 9.97 Å². The van der Waals surface area contributed by atoms with Crippen LogP contribution < -0.4 is 5.73 Å². The Balaban J connectivity index is 2.07. The van der Waals surface area contributed by atoms with Crippen LogP contribution in [-0.4, -0.2) is 15.5 Å². The molecule has 0 amide bonds. The molecule has 58 valence electrons. The van der Waals surface area contributed by atoms with Gasteiger partial charge in [0.2, 0.25) is 0 Å². The first-order valence-corrected chi connectivity index (χ1v) is 3.82. The van der Waals surface area contributed by atoms with Crippen LogP contribution in [0.1, 0.15) is 18.5 Å². The quantitative estimate of drug-likeness (QED) is 0.666. The highest BCUT2D eigenvalue weighted by atomic mass is 14.9. The molecule has 0 radical (unpaired) electrons. The number of rotatable bonds is 2. The lowest BCUT2D eigenvalue weighted by atomic mass is 10.1. The Kier molecular flexibility index (Phi) is 1.39. The van der Waals surface area contributed by atoms with Gasteiger partial charge in [0.1, 0.15) is 6.33 Å². The Labute approximate surface area is 65.7 Å². The molecule has 1 aromatic heterocycles. The molecule has 1 aliphatic rings. The van der Waals surface area contributed by atoms with Gasteiger partial charge in [0, 0.05) is 23.9 Å². The number of hydrogen-bond acceptors (Lipinski definition) is 3. The summed E-state index contributed by atoms with van der Waals surface area (Å²) in [5.74, 6) is 0. The van der Waals surface area contributed by atoms with Crippen molar-refractivity contribution in [2.45, 2.75) is 24.8 Å². The maximum atomic E-state index is 5.92. The maximum Gasteiger partial charge on any atom is 0.115 e. The molecule has 1 aliphatic carbocycles. The first-order valence-electron chi connectivity index (χ1n) is 3.82. The fraction of sp³-hybridized carbons (Fsp3) is 0.500. The number of hydrogen-bond donors (Lipinski definition) is 1. The highest BCUT2D eigenvalue weighted by Crippen LogP contribution is 2.34. The molecule has 3 nitrogen and oxygen atoms in total. The lowest BCUT2D eigenvalue weighted by Crippen LogP contribution is -2.24. The molecule has 0 aromatic carbocycles. The second kappa shape index (κ2) is 2.27. The minimum Gasteiger partial charge on any atom is -0.325 e. The molecule has 2 rings (SSSR count). The average Bonchev–Trinajstić information content (AvgIpc) is 2.70. The van der Waals surface area contributed by atoms with Gasteiger partial charge in [-0.3, -0.25) is 0 Å². The van der Waals surface area contributed by atoms with Crippen molar-refractivity contribution in [2.24, 2.45) is 5.73 Å². The molecule has 0 bridgehead atoms. The van der Waals surface area contributed by atoms with Crippen LogP contribution >= 0.6 is 0 Å². The van der Waals surface area contributed by atoms with E-state index >= 15 is 0 Å². The summed E-state index contributed by atoms with van der Waals surface area (Å²) in [5, 5.41) is 0. The van der Waals surface area contributed by atoms with Crippen LogP contribution in [0.15, 0.2) is 18.6 Å². The van der Waals surface area contributed by atoms with E-state index in [1.807, 2.05) is 6.07 Å². The third-order valence-electron chi connectivity index (χ3n) is 2.07. The summed E-state index contributed by atoms with van der Waals surface area (Å²) in [4.78, 5) is 7.96. The van der Waals surface area contributed by atoms with E-state index in [-0.39, 0.29) is 5.54 Å². The van der Waals surface area contributed by atoms with Gasteiger partial charge in [0.25, 0.3) is 0 Å². The summed E-state index contributed by atoms with van der Waals surface area (Å²) in [6.07, 6.45) is 6.50. The van der Waals surface area contributed by atoms with E-state index in [0.29, 0.717) is 0 Å². The minimum atomic E-state index is 0.0638. The summed E-state index contributed by atoms with van der Waals surface area (Å²) in [5.41, 5.74) is 7.04. The molecule has 0 atom stereocenters. The van der Waals surface area contributed by atoms with Gasteiger partial charge in [-0.25, -0.2) is 9.97 Å². The summed E-state index contributed by atoms with van der Waals surface area (Å²) in [7, 11) is 0. The van der Waals surface area contributed by atoms with Crippen molar-refractivity contribution in [3.8, 4) is 0 Å². The zero-order valence-corrected chi connectivity index (χ0v) is 6.33. The number of nitrogens with zero attached hydrogens (tertiary/aromatic N) is 2. The van der Waals surface area contributed by atoms with E-state index in [4.69, 9.17) is 5.73 Å². The number of aromatic nitrogens is 2. The molecular weight excluding hydrogens is 138 g/mol. The zero-order chi connectivity index (χ0) is 7.73. The Morgan fingerprint density at radius 1 is 1.55 bits per heavy atom. The maximum absolute atomic E-state index is 5.92. The molecule has 0 saturated heterocycles. The fourth-order valence-corrected chi connectivity index (χ4v) is 1.12. The summed E-state index contributed by atoms with van der Waals surface area (Å²) in [6, 6.07) is 1.92. The molecule has 0 unspecified atom stereocenters. The topological polar surface area (TPSA) is 51.8 Å². The van der Waals surface area contributed by atoms with E-state index < -0.39 is 0 Å². The molecule has 2 N–H and O–H groups in total. The molecule has 1 heterocycles. The highest BCUT2D eigenvalue weighted by molar-refractivity contribution is 5.10. The van der Waals surface area contributed by atoms with Crippen LogP contribution in [0.5, 0.6) is 0 Å². The second-order valence-electron chi connectivity index (χ2n) is 3.24. The third kappa shape index (κ3) is 1.54. The standard InChI is InChI=1S/C8H11N3/c9-8(2-3-8)5-7-1-4-10-6-11-7/h1,4,6H,2-3,5,9H2. The summed E-state index contributed by atoms with van der Waals surface area (Å²) >= 11 is 0. The van der Waals surface area contributed by atoms with Crippen LogP contribution in [0.4, 0.5) is 0 Å². The first kappa shape index (κ1) is 6.73. The molecule has 1 aromatic rings. The predicted octanol–water partition coefficient (Wildman–Crippen LogP) is 0.510. The van der Waals surface area contributed by atoms with Crippen LogP contribution in [0, 0.1) is 0 Å². The van der Waals surface area contributed by atoms with Gasteiger partial charge in [0.05, 0.1) is 0 Å². The SMILES string of the molecule is NC1(Cc2ccncn2)CC1. The van der Waals surface area contributed by atoms with E-state index in [9.17, 15) is 0 Å². The summed E-state index contributed by atoms with van der Waals surface area (Å²) in [6.45, 7) is 0. The Morgan fingerprint density at radius 3 is 2.91 bits per heavy atom. The van der Waals surface area contributed by atoms with Gasteiger partial charge in [0.15, 0.2) is 0 Å². The smallest absolute Gasteiger partial charge is 0.115 e. The van der Waals surface area contributed by atoms with Crippen LogP contribution in [0.3, 0.4) is 0 Å². The number of nitrogens with two attached hydrogens (primary N) is 1. The molecule has 1 saturated carbocycles. The lowest BCUT2D eigenvalue weighted by Gasteiger charge is -2.05. The normalized spacial score (nSPS) is 19.7. The molecular formula is C8H11N3. The summed E-state index contributed by atoms with van der Waals surface area (Å²) < 4.78 is 0. The lowest BCUT2D eigenvalue weighted by molar-refractivity contribution is 0.658. The molecule has 11 heavy (non-hydrogen) atoms. The first-order chi connectivity index (χ1) is 5.29. The predicted molar refractivity (Wildman–Crippen MR) is 41.9 cm³/mol. The van der Waals surface area contributed by atoms with E-state index in [1.54, 1.807) is 12.5 Å². The monoisotopic (exact) mass is 149 g/mol. The van der Waals surface area contributed by atoms with Gasteiger partial charge in [-0.05, 0) is 18.9 Å². The Bertz CT molecular complexity index is 241. The van der Waals surface area contributed by atoms with Gasteiger partial charge in [-0.15, -0.1) is 0 Å². The Morgan fingerprint density at radius 2 is 2.36 bits per heavy atom. The third-order valence-corrected chi connectivity index (χ3v) is 2.07. The largest absolute Gasteiger partial charge is 0.325 e. The van der Waals surface area contributed by atoms with Crippen molar-refractivity contribution in [1.29, 1.82) is 0 Å². The van der Waals surface area contributed by atoms with Crippen molar-refractivity contribution in [3.05, 3.63) is 24.3 Å². The fourth-order valence-electron chi connectivity index (χ4n) is 1.12. The zero-order valence-electron chi connectivity index (χ0n) is 6.33. The van der Waals surface area contributed by atoms with Gasteiger partial charge < -0.3 is 5.73 Å². The molecule has 1 fully saturated rings. The van der Waals surface area contributed by atoms with Gasteiger partial charge in [-0.1, -0.05) is 0 Å². The van der Waals surface area contributed by atoms with E-state index in [2.05, 4.69) is 9.97 Å².